The topological polar surface area (TPSA) is 21.3 Å². The number of benzene rings is 1. The minimum Gasteiger partial charge on any atom is -0.381 e. The van der Waals surface area contributed by atoms with Crippen LogP contribution in [0.5, 0.6) is 0 Å². The summed E-state index contributed by atoms with van der Waals surface area (Å²) in [7, 11) is 1.70. The van der Waals surface area contributed by atoms with Crippen LogP contribution in [0.1, 0.15) is 24.8 Å². The van der Waals surface area contributed by atoms with Gasteiger partial charge >= 0.3 is 0 Å². The molecule has 1 aromatic rings. The van der Waals surface area contributed by atoms with Crippen LogP contribution < -0.4 is 5.32 Å². The Morgan fingerprint density at radius 2 is 2.00 bits per heavy atom. The molecule has 1 aromatic carbocycles. The molecule has 2 rings (SSSR count). The predicted octanol–water partition coefficient (Wildman–Crippen LogP) is 2.62. The van der Waals surface area contributed by atoms with Crippen LogP contribution in [-0.2, 0) is 11.3 Å². The minimum atomic E-state index is -0.487. The first-order chi connectivity index (χ1) is 8.20. The van der Waals surface area contributed by atoms with Crippen molar-refractivity contribution in [3.63, 3.8) is 0 Å². The Kier molecular flexibility index (Phi) is 4.07. The lowest BCUT2D eigenvalue weighted by atomic mass is 10.1. The third kappa shape index (κ3) is 3.01. The number of hydrogen-bond acceptors (Lipinski definition) is 2. The lowest BCUT2D eigenvalue weighted by molar-refractivity contribution is 0.107. The second-order valence-corrected chi connectivity index (χ2v) is 4.45. The highest BCUT2D eigenvalue weighted by atomic mass is 19.1. The van der Waals surface area contributed by atoms with Gasteiger partial charge in [-0.2, -0.15) is 0 Å². The van der Waals surface area contributed by atoms with E-state index in [0.29, 0.717) is 6.04 Å². The van der Waals surface area contributed by atoms with Crippen molar-refractivity contribution in [1.82, 2.24) is 5.32 Å². The molecule has 0 heterocycles. The zero-order valence-corrected chi connectivity index (χ0v) is 9.88. The van der Waals surface area contributed by atoms with Crippen LogP contribution in [0.25, 0.3) is 0 Å². The molecule has 0 spiro atoms. The Bertz CT molecular complexity index is 363. The summed E-state index contributed by atoms with van der Waals surface area (Å²) >= 11 is 0. The van der Waals surface area contributed by atoms with Crippen LogP contribution in [0, 0.1) is 11.6 Å². The van der Waals surface area contributed by atoms with E-state index in [1.54, 1.807) is 7.11 Å². The van der Waals surface area contributed by atoms with Crippen LogP contribution >= 0.6 is 0 Å². The average Bonchev–Trinajstić information content (AvgIpc) is 2.76. The molecule has 4 heteroatoms. The van der Waals surface area contributed by atoms with Gasteiger partial charge in [0.25, 0.3) is 0 Å². The molecule has 0 aliphatic heterocycles. The lowest BCUT2D eigenvalue weighted by Gasteiger charge is -2.13. The maximum atomic E-state index is 13.4. The summed E-state index contributed by atoms with van der Waals surface area (Å²) in [5, 5.41) is 3.18. The van der Waals surface area contributed by atoms with E-state index in [0.717, 1.165) is 19.3 Å². The van der Waals surface area contributed by atoms with Gasteiger partial charge in [-0.3, -0.25) is 0 Å². The molecule has 0 saturated heterocycles. The smallest absolute Gasteiger partial charge is 0.130 e. The molecule has 94 valence electrons. The summed E-state index contributed by atoms with van der Waals surface area (Å²) in [4.78, 5) is 0. The Morgan fingerprint density at radius 3 is 2.59 bits per heavy atom. The number of ether oxygens (including phenoxy) is 1. The summed E-state index contributed by atoms with van der Waals surface area (Å²) in [6.45, 7) is 0.236. The van der Waals surface area contributed by atoms with E-state index in [1.807, 2.05) is 0 Å². The molecule has 0 bridgehead atoms. The number of halogens is 2. The van der Waals surface area contributed by atoms with Crippen LogP contribution in [-0.4, -0.2) is 19.3 Å². The van der Waals surface area contributed by atoms with Crippen molar-refractivity contribution in [3.05, 3.63) is 35.4 Å². The van der Waals surface area contributed by atoms with Crippen LogP contribution in [0.2, 0.25) is 0 Å². The number of nitrogens with one attached hydrogen (secondary N) is 1. The summed E-state index contributed by atoms with van der Waals surface area (Å²) in [5.41, 5.74) is 0.119. The molecule has 17 heavy (non-hydrogen) atoms. The highest BCUT2D eigenvalue weighted by molar-refractivity contribution is 5.19. The van der Waals surface area contributed by atoms with Gasteiger partial charge in [-0.05, 0) is 31.4 Å². The van der Waals surface area contributed by atoms with Crippen LogP contribution in [0.15, 0.2) is 18.2 Å². The van der Waals surface area contributed by atoms with E-state index in [2.05, 4.69) is 5.32 Å². The zero-order chi connectivity index (χ0) is 12.3. The molecule has 1 N–H and O–H groups in total. The highest BCUT2D eigenvalue weighted by Crippen LogP contribution is 2.22. The average molecular weight is 241 g/mol. The van der Waals surface area contributed by atoms with Crippen molar-refractivity contribution in [1.29, 1.82) is 0 Å². The second kappa shape index (κ2) is 5.56. The first-order valence-electron chi connectivity index (χ1n) is 5.89. The lowest BCUT2D eigenvalue weighted by Crippen LogP contribution is -2.27. The molecule has 2 unspecified atom stereocenters. The molecule has 0 aromatic heterocycles. The fourth-order valence-corrected chi connectivity index (χ4v) is 2.29. The van der Waals surface area contributed by atoms with Gasteiger partial charge in [0.05, 0.1) is 6.10 Å². The Balaban J connectivity index is 1.90. The van der Waals surface area contributed by atoms with Crippen molar-refractivity contribution in [2.75, 3.05) is 7.11 Å². The van der Waals surface area contributed by atoms with E-state index in [4.69, 9.17) is 4.74 Å². The SMILES string of the molecule is COC1CCC(NCc2c(F)cccc2F)C1. The van der Waals surface area contributed by atoms with Gasteiger partial charge < -0.3 is 10.1 Å². The predicted molar refractivity (Wildman–Crippen MR) is 61.6 cm³/mol. The summed E-state index contributed by atoms with van der Waals surface area (Å²) in [6.07, 6.45) is 3.19. The molecule has 1 aliphatic carbocycles. The van der Waals surface area contributed by atoms with Crippen molar-refractivity contribution in [2.24, 2.45) is 0 Å². The van der Waals surface area contributed by atoms with Gasteiger partial charge in [0, 0.05) is 25.3 Å². The fraction of sp³-hybridized carbons (Fsp3) is 0.538. The standard InChI is InChI=1S/C13H17F2NO/c1-17-10-6-5-9(7-10)16-8-11-12(14)3-2-4-13(11)15/h2-4,9-10,16H,5-8H2,1H3. The molecular formula is C13H17F2NO. The van der Waals surface area contributed by atoms with Crippen molar-refractivity contribution < 1.29 is 13.5 Å². The van der Waals surface area contributed by atoms with Crippen molar-refractivity contribution in [2.45, 2.75) is 38.0 Å². The van der Waals surface area contributed by atoms with E-state index in [9.17, 15) is 8.78 Å². The van der Waals surface area contributed by atoms with Crippen molar-refractivity contribution in [3.8, 4) is 0 Å². The number of methoxy groups -OCH3 is 1. The van der Waals surface area contributed by atoms with Gasteiger partial charge in [0.2, 0.25) is 0 Å². The van der Waals surface area contributed by atoms with E-state index in [-0.39, 0.29) is 18.2 Å². The molecule has 2 atom stereocenters. The quantitative estimate of drug-likeness (QED) is 0.875. The number of rotatable bonds is 4. The van der Waals surface area contributed by atoms with Gasteiger partial charge in [-0.1, -0.05) is 6.07 Å². The highest BCUT2D eigenvalue weighted by Gasteiger charge is 2.24. The van der Waals surface area contributed by atoms with Crippen LogP contribution in [0.3, 0.4) is 0 Å². The Morgan fingerprint density at radius 1 is 1.29 bits per heavy atom. The molecule has 1 aliphatic rings. The van der Waals surface area contributed by atoms with Gasteiger partial charge in [0.15, 0.2) is 0 Å². The van der Waals surface area contributed by atoms with E-state index < -0.39 is 11.6 Å². The molecular weight excluding hydrogens is 224 g/mol. The molecule has 1 fully saturated rings. The molecule has 0 amide bonds. The normalized spacial score (nSPS) is 24.2. The van der Waals surface area contributed by atoms with Crippen LogP contribution in [0.4, 0.5) is 8.78 Å². The maximum Gasteiger partial charge on any atom is 0.130 e. The van der Waals surface area contributed by atoms with E-state index >= 15 is 0 Å². The second-order valence-electron chi connectivity index (χ2n) is 4.45. The molecule has 2 nitrogen and oxygen atoms in total. The summed E-state index contributed by atoms with van der Waals surface area (Å²) in [6, 6.07) is 4.24. The summed E-state index contributed by atoms with van der Waals surface area (Å²) in [5.74, 6) is -0.974. The molecule has 1 saturated carbocycles. The Hall–Kier alpha value is -1.00. The van der Waals surface area contributed by atoms with E-state index in [1.165, 1.54) is 18.2 Å². The van der Waals surface area contributed by atoms with Gasteiger partial charge in [0.1, 0.15) is 11.6 Å². The third-order valence-electron chi connectivity index (χ3n) is 3.35. The zero-order valence-electron chi connectivity index (χ0n) is 9.88. The summed E-state index contributed by atoms with van der Waals surface area (Å²) < 4.78 is 32.0. The van der Waals surface area contributed by atoms with Crippen molar-refractivity contribution >= 4 is 0 Å². The molecule has 0 radical (unpaired) electrons. The number of hydrogen-bond donors (Lipinski definition) is 1. The third-order valence-corrected chi connectivity index (χ3v) is 3.35. The Labute approximate surface area is 100.0 Å². The first kappa shape index (κ1) is 12.5. The maximum absolute atomic E-state index is 13.4. The first-order valence-corrected chi connectivity index (χ1v) is 5.89. The minimum absolute atomic E-state index is 0.119. The monoisotopic (exact) mass is 241 g/mol. The largest absolute Gasteiger partial charge is 0.381 e. The van der Waals surface area contributed by atoms with Gasteiger partial charge in [-0.25, -0.2) is 8.78 Å². The van der Waals surface area contributed by atoms with Gasteiger partial charge in [-0.15, -0.1) is 0 Å². The fourth-order valence-electron chi connectivity index (χ4n) is 2.29.